The zero-order valence-electron chi connectivity index (χ0n) is 22.2. The Labute approximate surface area is 221 Å². The van der Waals surface area contributed by atoms with E-state index in [1.54, 1.807) is 18.2 Å². The Hall–Kier alpha value is -3.81. The number of anilines is 1. The summed E-state index contributed by atoms with van der Waals surface area (Å²) >= 11 is 0. The second kappa shape index (κ2) is 9.49. The van der Waals surface area contributed by atoms with Crippen molar-refractivity contribution in [1.82, 2.24) is 19.5 Å². The molecule has 196 valence electrons. The van der Waals surface area contributed by atoms with Crippen LogP contribution in [0, 0.1) is 11.7 Å². The summed E-state index contributed by atoms with van der Waals surface area (Å²) in [6.45, 7) is 5.31. The molecule has 2 aliphatic rings. The Bertz CT molecular complexity index is 1550. The number of imidazole rings is 1. The van der Waals surface area contributed by atoms with Crippen LogP contribution in [-0.2, 0) is 13.5 Å². The molecule has 8 heteroatoms. The number of Topliss-reactive ketones (excluding diaryl/α,β-unsaturated/α-hetero) is 1. The smallest absolute Gasteiger partial charge is 0.185 e. The molecule has 1 saturated heterocycles. The summed E-state index contributed by atoms with van der Waals surface area (Å²) in [4.78, 5) is 29.9. The third-order valence-electron chi connectivity index (χ3n) is 8.07. The summed E-state index contributed by atoms with van der Waals surface area (Å²) in [7, 11) is 3.53. The van der Waals surface area contributed by atoms with Gasteiger partial charge in [-0.3, -0.25) is 4.79 Å². The largest absolute Gasteiger partial charge is 0.496 e. The molecule has 6 rings (SSSR count). The fourth-order valence-electron chi connectivity index (χ4n) is 6.27. The molecule has 0 radical (unpaired) electrons. The van der Waals surface area contributed by atoms with Crippen molar-refractivity contribution in [2.75, 3.05) is 18.6 Å². The number of rotatable bonds is 7. The minimum atomic E-state index is -0.498. The van der Waals surface area contributed by atoms with Crippen molar-refractivity contribution in [1.29, 1.82) is 0 Å². The minimum Gasteiger partial charge on any atom is -0.496 e. The molecule has 2 bridgehead atoms. The zero-order chi connectivity index (χ0) is 26.6. The molecule has 1 aliphatic carbocycles. The first-order valence-electron chi connectivity index (χ1n) is 13.3. The van der Waals surface area contributed by atoms with Crippen molar-refractivity contribution in [3.63, 3.8) is 0 Å². The number of ketones is 1. The van der Waals surface area contributed by atoms with E-state index in [1.165, 1.54) is 38.6 Å². The molecule has 0 N–H and O–H groups in total. The molecule has 4 aromatic rings. The van der Waals surface area contributed by atoms with E-state index in [0.717, 1.165) is 34.7 Å². The van der Waals surface area contributed by atoms with Crippen LogP contribution in [-0.4, -0.2) is 45.0 Å². The number of methoxy groups -OCH3 is 1. The van der Waals surface area contributed by atoms with E-state index in [0.29, 0.717) is 17.7 Å². The quantitative estimate of drug-likeness (QED) is 0.295. The van der Waals surface area contributed by atoms with E-state index >= 15 is 0 Å². The standard InChI is InChI=1S/C30H32FN5O2/c1-17(2)30-34-27-23(35(30)3)11-9-19(28(27)36-16-18-8-10-20(36)14-18)15-24(37)22-12-13-32-29(33-22)26-21(31)6-5-7-25(26)38-4/h5-7,9,11-13,17-18,20H,8,10,14-16H2,1-4H3/t18-,20+/m0/s1. The first-order chi connectivity index (χ1) is 18.4. The minimum absolute atomic E-state index is 0.129. The topological polar surface area (TPSA) is 73.1 Å². The number of benzene rings is 2. The molecule has 7 nitrogen and oxygen atoms in total. The van der Waals surface area contributed by atoms with Gasteiger partial charge in [0, 0.05) is 38.2 Å². The molecule has 1 aliphatic heterocycles. The normalized spacial score (nSPS) is 18.6. The number of carbonyl (C=O) groups excluding carboxylic acids is 1. The third-order valence-corrected chi connectivity index (χ3v) is 8.07. The molecule has 2 atom stereocenters. The maximum Gasteiger partial charge on any atom is 0.185 e. The highest BCUT2D eigenvalue weighted by Gasteiger charge is 2.40. The lowest BCUT2D eigenvalue weighted by atomic mass is 10.0. The summed E-state index contributed by atoms with van der Waals surface area (Å²) in [5.74, 6) is 1.83. The van der Waals surface area contributed by atoms with Gasteiger partial charge in [0.25, 0.3) is 0 Å². The van der Waals surface area contributed by atoms with Crippen molar-refractivity contribution in [3.05, 3.63) is 65.5 Å². The maximum atomic E-state index is 14.7. The summed E-state index contributed by atoms with van der Waals surface area (Å²) in [6.07, 6.45) is 5.33. The number of hydrogen-bond acceptors (Lipinski definition) is 6. The predicted octanol–water partition coefficient (Wildman–Crippen LogP) is 5.72. The second-order valence-corrected chi connectivity index (χ2v) is 10.8. The summed E-state index contributed by atoms with van der Waals surface area (Å²) < 4.78 is 22.2. The number of carbonyl (C=O) groups is 1. The van der Waals surface area contributed by atoms with E-state index in [-0.39, 0.29) is 35.2 Å². The van der Waals surface area contributed by atoms with Gasteiger partial charge in [-0.25, -0.2) is 19.3 Å². The summed E-state index contributed by atoms with van der Waals surface area (Å²) in [6, 6.07) is 10.8. The van der Waals surface area contributed by atoms with Gasteiger partial charge in [0.05, 0.1) is 23.9 Å². The number of aromatic nitrogens is 4. The highest BCUT2D eigenvalue weighted by Crippen LogP contribution is 2.44. The Morgan fingerprint density at radius 1 is 1.16 bits per heavy atom. The van der Waals surface area contributed by atoms with Crippen LogP contribution in [0.3, 0.4) is 0 Å². The fraction of sp³-hybridized carbons (Fsp3) is 0.400. The molecule has 2 aromatic carbocycles. The fourth-order valence-corrected chi connectivity index (χ4v) is 6.27. The lowest BCUT2D eigenvalue weighted by molar-refractivity contribution is 0.0988. The first kappa shape index (κ1) is 24.5. The summed E-state index contributed by atoms with van der Waals surface area (Å²) in [5.41, 5.74) is 4.47. The maximum absolute atomic E-state index is 14.7. The van der Waals surface area contributed by atoms with E-state index in [4.69, 9.17) is 9.72 Å². The molecule has 1 saturated carbocycles. The average molecular weight is 514 g/mol. The molecular formula is C30H32FN5O2. The number of hydrogen-bond donors (Lipinski definition) is 0. The lowest BCUT2D eigenvalue weighted by Crippen LogP contribution is -2.33. The molecule has 3 heterocycles. The van der Waals surface area contributed by atoms with Crippen LogP contribution in [0.2, 0.25) is 0 Å². The molecular weight excluding hydrogens is 481 g/mol. The van der Waals surface area contributed by atoms with Crippen LogP contribution in [0.15, 0.2) is 42.6 Å². The van der Waals surface area contributed by atoms with Gasteiger partial charge in [0.2, 0.25) is 0 Å². The van der Waals surface area contributed by atoms with Crippen molar-refractivity contribution >= 4 is 22.5 Å². The van der Waals surface area contributed by atoms with Crippen molar-refractivity contribution in [2.24, 2.45) is 13.0 Å². The molecule has 0 amide bonds. The Morgan fingerprint density at radius 3 is 2.71 bits per heavy atom. The monoisotopic (exact) mass is 513 g/mol. The van der Waals surface area contributed by atoms with Crippen LogP contribution < -0.4 is 9.64 Å². The Morgan fingerprint density at radius 2 is 2.00 bits per heavy atom. The van der Waals surface area contributed by atoms with Crippen LogP contribution in [0.1, 0.15) is 60.9 Å². The number of aryl methyl sites for hydroxylation is 1. The van der Waals surface area contributed by atoms with Crippen LogP contribution in [0.4, 0.5) is 10.1 Å². The van der Waals surface area contributed by atoms with Crippen LogP contribution in [0.25, 0.3) is 22.4 Å². The van der Waals surface area contributed by atoms with E-state index < -0.39 is 5.82 Å². The van der Waals surface area contributed by atoms with E-state index in [9.17, 15) is 9.18 Å². The molecule has 38 heavy (non-hydrogen) atoms. The number of halogens is 1. The molecule has 0 unspecified atom stereocenters. The zero-order valence-corrected chi connectivity index (χ0v) is 22.2. The van der Waals surface area contributed by atoms with Gasteiger partial charge in [-0.1, -0.05) is 26.0 Å². The van der Waals surface area contributed by atoms with Crippen LogP contribution in [0.5, 0.6) is 5.75 Å². The van der Waals surface area contributed by atoms with E-state index in [1.807, 2.05) is 0 Å². The molecule has 0 spiro atoms. The SMILES string of the molecule is COc1cccc(F)c1-c1nccc(C(=O)Cc2ccc3c(nc(C(C)C)n3C)c2N2C[C@H]3CC[C@@H]2C3)n1. The van der Waals surface area contributed by atoms with Crippen LogP contribution >= 0.6 is 0 Å². The molecule has 2 aromatic heterocycles. The van der Waals surface area contributed by atoms with Gasteiger partial charge in [0.15, 0.2) is 11.6 Å². The third kappa shape index (κ3) is 4.03. The average Bonchev–Trinajstić information content (AvgIpc) is 3.63. The van der Waals surface area contributed by atoms with Gasteiger partial charge >= 0.3 is 0 Å². The molecule has 2 fully saturated rings. The van der Waals surface area contributed by atoms with Gasteiger partial charge < -0.3 is 14.2 Å². The highest BCUT2D eigenvalue weighted by molar-refractivity contribution is 6.00. The first-order valence-corrected chi connectivity index (χ1v) is 13.3. The Balaban J connectivity index is 1.40. The van der Waals surface area contributed by atoms with Crippen molar-refractivity contribution in [3.8, 4) is 17.1 Å². The number of nitrogens with zero attached hydrogens (tertiary/aromatic N) is 5. The number of ether oxygens (including phenoxy) is 1. The second-order valence-electron chi connectivity index (χ2n) is 10.8. The number of fused-ring (bicyclic) bond motifs is 3. The summed E-state index contributed by atoms with van der Waals surface area (Å²) in [5, 5.41) is 0. The predicted molar refractivity (Wildman–Crippen MR) is 145 cm³/mol. The number of piperidine rings is 1. The Kier molecular flexibility index (Phi) is 6.13. The lowest BCUT2D eigenvalue weighted by Gasteiger charge is -2.31. The van der Waals surface area contributed by atoms with E-state index in [2.05, 4.69) is 52.5 Å². The van der Waals surface area contributed by atoms with Gasteiger partial charge in [-0.2, -0.15) is 0 Å². The van der Waals surface area contributed by atoms with Gasteiger partial charge in [-0.05, 0) is 55.0 Å². The van der Waals surface area contributed by atoms with Crippen molar-refractivity contribution in [2.45, 2.75) is 51.5 Å². The van der Waals surface area contributed by atoms with Gasteiger partial charge in [-0.15, -0.1) is 0 Å². The van der Waals surface area contributed by atoms with Crippen molar-refractivity contribution < 1.29 is 13.9 Å². The van der Waals surface area contributed by atoms with Gasteiger partial charge in [0.1, 0.15) is 28.6 Å². The highest BCUT2D eigenvalue weighted by atomic mass is 19.1.